The van der Waals surface area contributed by atoms with E-state index in [2.05, 4.69) is 41.5 Å². The molecular weight excluding hydrogens is 407 g/mol. The molecule has 7 atom stereocenters. The van der Waals surface area contributed by atoms with Crippen LogP contribution in [-0.2, 0) is 4.79 Å². The molecule has 0 radical (unpaired) electrons. The van der Waals surface area contributed by atoms with Gasteiger partial charge in [-0.1, -0.05) is 6.42 Å². The number of hydrogen-bond donors (Lipinski definition) is 3. The Morgan fingerprint density at radius 3 is 2.75 bits per heavy atom. The van der Waals surface area contributed by atoms with Crippen LogP contribution < -0.4 is 16.5 Å². The van der Waals surface area contributed by atoms with Gasteiger partial charge in [0.1, 0.15) is 6.17 Å². The first-order valence-corrected chi connectivity index (χ1v) is 13.0. The fourth-order valence-corrected chi connectivity index (χ4v) is 6.81. The highest BCUT2D eigenvalue weighted by atomic mass is 19.1. The second-order valence-electron chi connectivity index (χ2n) is 11.1. The molecule has 8 heteroatoms. The number of fused-ring (bicyclic) bond motifs is 1. The molecule has 1 saturated carbocycles. The molecule has 4 N–H and O–H groups in total. The zero-order chi connectivity index (χ0) is 22.8. The lowest BCUT2D eigenvalue weighted by Crippen LogP contribution is -2.62. The highest BCUT2D eigenvalue weighted by Gasteiger charge is 2.50. The number of nitrogens with zero attached hydrogens (tertiary/aromatic N) is 3. The number of alkyl halides is 1. The second kappa shape index (κ2) is 10.6. The van der Waals surface area contributed by atoms with Crippen molar-refractivity contribution in [3.05, 3.63) is 0 Å². The van der Waals surface area contributed by atoms with Crippen LogP contribution in [0.15, 0.2) is 0 Å². The number of likely N-dealkylation sites (N-methyl/N-ethyl adjacent to an activating group) is 1. The Kier molecular flexibility index (Phi) is 8.09. The number of hydrogen-bond acceptors (Lipinski definition) is 6. The average molecular weight is 453 g/mol. The number of likely N-dealkylation sites (tertiary alicyclic amines) is 1. The summed E-state index contributed by atoms with van der Waals surface area (Å²) in [4.78, 5) is 17.7. The van der Waals surface area contributed by atoms with E-state index in [1.165, 1.54) is 25.7 Å². The van der Waals surface area contributed by atoms with Crippen molar-refractivity contribution < 1.29 is 9.18 Å². The highest BCUT2D eigenvalue weighted by molar-refractivity contribution is 5.80. The van der Waals surface area contributed by atoms with Crippen molar-refractivity contribution >= 4 is 5.91 Å². The minimum Gasteiger partial charge on any atom is -0.339 e. The predicted octanol–water partition coefficient (Wildman–Crippen LogP) is 1.40. The molecule has 7 nitrogen and oxygen atoms in total. The van der Waals surface area contributed by atoms with Crippen LogP contribution in [0.5, 0.6) is 0 Å². The predicted molar refractivity (Wildman–Crippen MR) is 125 cm³/mol. The van der Waals surface area contributed by atoms with Crippen LogP contribution in [0.3, 0.4) is 0 Å². The zero-order valence-corrected chi connectivity index (χ0v) is 20.3. The van der Waals surface area contributed by atoms with Crippen molar-refractivity contribution in [1.82, 2.24) is 25.6 Å². The largest absolute Gasteiger partial charge is 0.339 e. The molecule has 4 rings (SSSR count). The summed E-state index contributed by atoms with van der Waals surface area (Å²) in [5.74, 6) is 1.71. The van der Waals surface area contributed by atoms with Crippen molar-refractivity contribution in [2.75, 3.05) is 46.3 Å². The van der Waals surface area contributed by atoms with Crippen molar-refractivity contribution in [2.24, 2.45) is 29.4 Å². The topological polar surface area (TPSA) is 76.9 Å². The Balaban J connectivity index is 1.47. The van der Waals surface area contributed by atoms with Crippen LogP contribution >= 0.6 is 0 Å². The van der Waals surface area contributed by atoms with Gasteiger partial charge in [0.25, 0.3) is 0 Å². The van der Waals surface area contributed by atoms with Gasteiger partial charge in [0.05, 0.1) is 12.7 Å². The van der Waals surface area contributed by atoms with Gasteiger partial charge in [0.2, 0.25) is 5.91 Å². The normalized spacial score (nSPS) is 38.6. The maximum Gasteiger partial charge on any atom is 0.226 e. The third-order valence-electron chi connectivity index (χ3n) is 8.41. The quantitative estimate of drug-likeness (QED) is 0.542. The summed E-state index contributed by atoms with van der Waals surface area (Å²) >= 11 is 0. The maximum atomic E-state index is 13.9. The Morgan fingerprint density at radius 1 is 1.25 bits per heavy atom. The Morgan fingerprint density at radius 2 is 2.06 bits per heavy atom. The zero-order valence-electron chi connectivity index (χ0n) is 20.3. The smallest absolute Gasteiger partial charge is 0.226 e. The van der Waals surface area contributed by atoms with Gasteiger partial charge in [0.15, 0.2) is 0 Å². The number of carbonyl (C=O) groups excluding carboxylic acids is 1. The standard InChI is InChI=1S/C24H45FN6O/c1-16(2)31-23-21(13-27-31)20(24(32)30-9-7-19(25)15-30)12-22(28-23)18-6-4-5-17(11-18)14-29(3)10-8-26/h16-23,27-28H,4-15,26H2,1-3H3. The Hall–Kier alpha value is -0.800. The van der Waals surface area contributed by atoms with E-state index in [0.29, 0.717) is 43.4 Å². The Labute approximate surface area is 193 Å². The molecule has 0 aromatic heterocycles. The van der Waals surface area contributed by atoms with Crippen LogP contribution in [0.25, 0.3) is 0 Å². The molecule has 4 aliphatic rings. The molecular formula is C24H45FN6O. The van der Waals surface area contributed by atoms with E-state index in [9.17, 15) is 9.18 Å². The maximum absolute atomic E-state index is 13.9. The van der Waals surface area contributed by atoms with Crippen LogP contribution in [-0.4, -0.2) is 91.5 Å². The fourth-order valence-electron chi connectivity index (χ4n) is 6.81. The van der Waals surface area contributed by atoms with Crippen LogP contribution in [0.1, 0.15) is 52.4 Å². The molecule has 3 heterocycles. The van der Waals surface area contributed by atoms with Gasteiger partial charge < -0.3 is 15.5 Å². The molecule has 1 amide bonds. The van der Waals surface area contributed by atoms with Crippen LogP contribution in [0.2, 0.25) is 0 Å². The number of carbonyl (C=O) groups is 1. The number of nitrogens with two attached hydrogens (primary N) is 1. The van der Waals surface area contributed by atoms with Crippen molar-refractivity contribution in [3.8, 4) is 0 Å². The first-order chi connectivity index (χ1) is 15.4. The first kappa shape index (κ1) is 24.3. The van der Waals surface area contributed by atoms with Crippen molar-refractivity contribution in [2.45, 2.75) is 76.8 Å². The van der Waals surface area contributed by atoms with Gasteiger partial charge >= 0.3 is 0 Å². The summed E-state index contributed by atoms with van der Waals surface area (Å²) in [7, 11) is 2.17. The molecule has 32 heavy (non-hydrogen) atoms. The van der Waals surface area contributed by atoms with Gasteiger partial charge in [-0.15, -0.1) is 0 Å². The molecule has 0 aromatic rings. The van der Waals surface area contributed by atoms with E-state index in [0.717, 1.165) is 26.1 Å². The van der Waals surface area contributed by atoms with E-state index in [1.54, 1.807) is 4.90 Å². The lowest BCUT2D eigenvalue weighted by atomic mass is 9.71. The molecule has 0 bridgehead atoms. The third-order valence-corrected chi connectivity index (χ3v) is 8.41. The molecule has 184 valence electrons. The lowest BCUT2D eigenvalue weighted by molar-refractivity contribution is -0.139. The minimum absolute atomic E-state index is 0.0203. The van der Waals surface area contributed by atoms with Gasteiger partial charge in [-0.3, -0.25) is 15.5 Å². The fraction of sp³-hybridized carbons (Fsp3) is 0.958. The molecule has 0 aromatic carbocycles. The third kappa shape index (κ3) is 5.30. The number of hydrazine groups is 1. The van der Waals surface area contributed by atoms with Gasteiger partial charge in [-0.2, -0.15) is 0 Å². The van der Waals surface area contributed by atoms with Gasteiger partial charge in [0, 0.05) is 56.6 Å². The van der Waals surface area contributed by atoms with E-state index in [-0.39, 0.29) is 30.5 Å². The summed E-state index contributed by atoms with van der Waals surface area (Å²) in [6.07, 6.45) is 5.70. The average Bonchev–Trinajstić information content (AvgIpc) is 3.39. The van der Waals surface area contributed by atoms with E-state index in [4.69, 9.17) is 5.73 Å². The molecule has 1 aliphatic carbocycles. The minimum atomic E-state index is -0.856. The first-order valence-electron chi connectivity index (χ1n) is 13.0. The van der Waals surface area contributed by atoms with Crippen molar-refractivity contribution in [3.63, 3.8) is 0 Å². The number of piperidine rings is 1. The molecule has 3 saturated heterocycles. The number of amides is 1. The number of halogens is 1. The molecule has 7 unspecified atom stereocenters. The Bertz CT molecular complexity index is 636. The molecule has 0 spiro atoms. The molecule has 4 fully saturated rings. The van der Waals surface area contributed by atoms with Crippen LogP contribution in [0, 0.1) is 23.7 Å². The van der Waals surface area contributed by atoms with Gasteiger partial charge in [-0.05, 0) is 64.8 Å². The van der Waals surface area contributed by atoms with E-state index in [1.807, 2.05) is 0 Å². The SMILES string of the molecule is CC(C)N1NCC2C(C(=O)N3CCC(F)C3)CC(C3CCCC(CN(C)CCN)C3)NC21. The van der Waals surface area contributed by atoms with Gasteiger partial charge in [-0.25, -0.2) is 9.40 Å². The van der Waals surface area contributed by atoms with E-state index >= 15 is 0 Å². The summed E-state index contributed by atoms with van der Waals surface area (Å²) in [5.41, 5.74) is 9.31. The molecule has 3 aliphatic heterocycles. The number of rotatable bonds is 7. The summed E-state index contributed by atoms with van der Waals surface area (Å²) in [6, 6.07) is 0.704. The van der Waals surface area contributed by atoms with E-state index < -0.39 is 6.17 Å². The summed E-state index contributed by atoms with van der Waals surface area (Å²) < 4.78 is 13.9. The monoisotopic (exact) mass is 452 g/mol. The summed E-state index contributed by atoms with van der Waals surface area (Å²) in [6.45, 7) is 8.85. The number of nitrogens with one attached hydrogen (secondary N) is 2. The highest BCUT2D eigenvalue weighted by Crippen LogP contribution is 2.40. The van der Waals surface area contributed by atoms with Crippen molar-refractivity contribution in [1.29, 1.82) is 0 Å². The summed E-state index contributed by atoms with van der Waals surface area (Å²) in [5, 5.41) is 6.30. The lowest BCUT2D eigenvalue weighted by Gasteiger charge is -2.46. The van der Waals surface area contributed by atoms with Crippen LogP contribution in [0.4, 0.5) is 4.39 Å². The second-order valence-corrected chi connectivity index (χ2v) is 11.1.